The van der Waals surface area contributed by atoms with Crippen LogP contribution in [0.4, 0.5) is 5.69 Å². The van der Waals surface area contributed by atoms with E-state index in [1.54, 1.807) is 0 Å². The molecular formula is C21H23N3O2. The van der Waals surface area contributed by atoms with Crippen molar-refractivity contribution in [3.63, 3.8) is 0 Å². The van der Waals surface area contributed by atoms with Gasteiger partial charge in [-0.3, -0.25) is 9.59 Å². The largest absolute Gasteiger partial charge is 0.326 e. The van der Waals surface area contributed by atoms with E-state index in [0.29, 0.717) is 18.6 Å². The molecule has 0 unspecified atom stereocenters. The van der Waals surface area contributed by atoms with Crippen LogP contribution >= 0.6 is 0 Å². The van der Waals surface area contributed by atoms with Crippen molar-refractivity contribution in [3.8, 4) is 0 Å². The normalized spacial score (nSPS) is 14.0. The number of hydrogen-bond donors (Lipinski definition) is 2. The lowest BCUT2D eigenvalue weighted by Crippen LogP contribution is -2.19. The predicted octanol–water partition coefficient (Wildman–Crippen LogP) is 3.51. The Morgan fingerprint density at radius 2 is 1.85 bits per heavy atom. The summed E-state index contributed by atoms with van der Waals surface area (Å²) >= 11 is 0. The quantitative estimate of drug-likeness (QED) is 0.593. The molecule has 1 aliphatic rings. The molecule has 0 heterocycles. The van der Waals surface area contributed by atoms with Crippen LogP contribution in [0.3, 0.4) is 0 Å². The summed E-state index contributed by atoms with van der Waals surface area (Å²) in [7, 11) is 0. The lowest BCUT2D eigenvalue weighted by atomic mass is 10.1. The Bertz CT molecular complexity index is 811. The molecule has 2 N–H and O–H groups in total. The summed E-state index contributed by atoms with van der Waals surface area (Å²) in [5.74, 6) is 0.120. The van der Waals surface area contributed by atoms with Crippen LogP contribution in [0, 0.1) is 5.92 Å². The Balaban J connectivity index is 1.53. The van der Waals surface area contributed by atoms with Gasteiger partial charge in [0.2, 0.25) is 11.8 Å². The Hall–Kier alpha value is -2.95. The molecule has 0 atom stereocenters. The number of benzene rings is 2. The second-order valence-electron chi connectivity index (χ2n) is 6.56. The lowest BCUT2D eigenvalue weighted by molar-refractivity contribution is -0.121. The van der Waals surface area contributed by atoms with Crippen LogP contribution in [-0.2, 0) is 16.0 Å². The number of aryl methyl sites for hydroxylation is 1. The number of hydrazone groups is 1. The van der Waals surface area contributed by atoms with E-state index in [2.05, 4.69) is 15.8 Å². The number of nitrogens with zero attached hydrogens (tertiary/aromatic N) is 1. The van der Waals surface area contributed by atoms with Crippen molar-refractivity contribution in [2.75, 3.05) is 5.32 Å². The molecule has 0 aromatic heterocycles. The van der Waals surface area contributed by atoms with Crippen LogP contribution in [0.1, 0.15) is 37.3 Å². The minimum atomic E-state index is -0.119. The maximum absolute atomic E-state index is 12.0. The molecular weight excluding hydrogens is 326 g/mol. The summed E-state index contributed by atoms with van der Waals surface area (Å²) in [6.07, 6.45) is 3.02. The van der Waals surface area contributed by atoms with Gasteiger partial charge in [-0.1, -0.05) is 42.5 Å². The molecule has 0 saturated heterocycles. The first-order chi connectivity index (χ1) is 12.6. The molecule has 0 aliphatic heterocycles. The zero-order chi connectivity index (χ0) is 18.4. The van der Waals surface area contributed by atoms with Gasteiger partial charge >= 0.3 is 0 Å². The summed E-state index contributed by atoms with van der Waals surface area (Å²) < 4.78 is 0. The minimum absolute atomic E-state index is 0.0750. The molecule has 2 aromatic rings. The summed E-state index contributed by atoms with van der Waals surface area (Å²) in [6.45, 7) is 1.83. The SMILES string of the molecule is CC(=NNC(=O)CCc1ccccc1)c1cccc(NC(=O)C2CC2)c1. The van der Waals surface area contributed by atoms with Crippen molar-refractivity contribution in [1.29, 1.82) is 0 Å². The van der Waals surface area contributed by atoms with E-state index in [1.165, 1.54) is 0 Å². The highest BCUT2D eigenvalue weighted by Gasteiger charge is 2.29. The minimum Gasteiger partial charge on any atom is -0.326 e. The van der Waals surface area contributed by atoms with E-state index in [-0.39, 0.29) is 17.7 Å². The molecule has 0 spiro atoms. The number of rotatable bonds is 7. The van der Waals surface area contributed by atoms with Crippen molar-refractivity contribution in [3.05, 3.63) is 65.7 Å². The van der Waals surface area contributed by atoms with Crippen LogP contribution < -0.4 is 10.7 Å². The molecule has 5 heteroatoms. The van der Waals surface area contributed by atoms with Crippen molar-refractivity contribution in [1.82, 2.24) is 5.43 Å². The summed E-state index contributed by atoms with van der Waals surface area (Å²) in [5, 5.41) is 7.10. The molecule has 5 nitrogen and oxygen atoms in total. The standard InChI is InChI=1S/C21H23N3O2/c1-15(23-24-20(25)13-10-16-6-3-2-4-7-16)18-8-5-9-19(14-18)22-21(26)17-11-12-17/h2-9,14,17H,10-13H2,1H3,(H,22,26)(H,24,25). The first-order valence-electron chi connectivity index (χ1n) is 8.90. The highest BCUT2D eigenvalue weighted by molar-refractivity contribution is 6.01. The average Bonchev–Trinajstić information content (AvgIpc) is 3.51. The third-order valence-electron chi connectivity index (χ3n) is 4.33. The maximum atomic E-state index is 12.0. The maximum Gasteiger partial charge on any atom is 0.240 e. The van der Waals surface area contributed by atoms with Gasteiger partial charge in [-0.25, -0.2) is 5.43 Å². The first-order valence-corrected chi connectivity index (χ1v) is 8.90. The van der Waals surface area contributed by atoms with E-state index in [0.717, 1.165) is 29.7 Å². The number of hydrogen-bond acceptors (Lipinski definition) is 3. The van der Waals surface area contributed by atoms with Gasteiger partial charge in [0.05, 0.1) is 5.71 Å². The van der Waals surface area contributed by atoms with Gasteiger partial charge in [-0.2, -0.15) is 5.10 Å². The van der Waals surface area contributed by atoms with Gasteiger partial charge < -0.3 is 5.32 Å². The topological polar surface area (TPSA) is 70.6 Å². The smallest absolute Gasteiger partial charge is 0.240 e. The predicted molar refractivity (Wildman–Crippen MR) is 103 cm³/mol. The fraction of sp³-hybridized carbons (Fsp3) is 0.286. The molecule has 1 fully saturated rings. The fourth-order valence-corrected chi connectivity index (χ4v) is 2.58. The number of nitrogens with one attached hydrogen (secondary N) is 2. The van der Waals surface area contributed by atoms with Gasteiger partial charge in [-0.05, 0) is 49.4 Å². The van der Waals surface area contributed by atoms with Crippen molar-refractivity contribution >= 4 is 23.2 Å². The molecule has 2 amide bonds. The number of anilines is 1. The molecule has 26 heavy (non-hydrogen) atoms. The first kappa shape index (κ1) is 17.9. The van der Waals surface area contributed by atoms with Gasteiger partial charge in [0.25, 0.3) is 0 Å². The Morgan fingerprint density at radius 1 is 1.08 bits per heavy atom. The van der Waals surface area contributed by atoms with Gasteiger partial charge in [-0.15, -0.1) is 0 Å². The molecule has 134 valence electrons. The number of amides is 2. The van der Waals surface area contributed by atoms with Gasteiger partial charge in [0.15, 0.2) is 0 Å². The van der Waals surface area contributed by atoms with E-state index in [1.807, 2.05) is 61.5 Å². The van der Waals surface area contributed by atoms with Crippen LogP contribution in [-0.4, -0.2) is 17.5 Å². The molecule has 0 bridgehead atoms. The van der Waals surface area contributed by atoms with E-state index in [4.69, 9.17) is 0 Å². The van der Waals surface area contributed by atoms with E-state index < -0.39 is 0 Å². The molecule has 0 radical (unpaired) electrons. The summed E-state index contributed by atoms with van der Waals surface area (Å²) in [6, 6.07) is 17.4. The van der Waals surface area contributed by atoms with Gasteiger partial charge in [0, 0.05) is 18.0 Å². The molecule has 2 aromatic carbocycles. The Kier molecular flexibility index (Phi) is 5.79. The zero-order valence-corrected chi connectivity index (χ0v) is 14.9. The number of carbonyl (C=O) groups is 2. The Morgan fingerprint density at radius 3 is 2.58 bits per heavy atom. The van der Waals surface area contributed by atoms with Crippen molar-refractivity contribution in [2.45, 2.75) is 32.6 Å². The van der Waals surface area contributed by atoms with E-state index >= 15 is 0 Å². The van der Waals surface area contributed by atoms with Crippen molar-refractivity contribution < 1.29 is 9.59 Å². The number of carbonyl (C=O) groups excluding carboxylic acids is 2. The molecule has 1 saturated carbocycles. The average molecular weight is 349 g/mol. The second kappa shape index (κ2) is 8.43. The van der Waals surface area contributed by atoms with Crippen LogP contribution in [0.25, 0.3) is 0 Å². The zero-order valence-electron chi connectivity index (χ0n) is 14.9. The van der Waals surface area contributed by atoms with E-state index in [9.17, 15) is 9.59 Å². The molecule has 1 aliphatic carbocycles. The lowest BCUT2D eigenvalue weighted by Gasteiger charge is -2.07. The fourth-order valence-electron chi connectivity index (χ4n) is 2.58. The van der Waals surface area contributed by atoms with Crippen LogP contribution in [0.2, 0.25) is 0 Å². The molecule has 3 rings (SSSR count). The Labute approximate surface area is 153 Å². The highest BCUT2D eigenvalue weighted by Crippen LogP contribution is 2.30. The second-order valence-corrected chi connectivity index (χ2v) is 6.56. The third-order valence-corrected chi connectivity index (χ3v) is 4.33. The summed E-state index contributed by atoms with van der Waals surface area (Å²) in [4.78, 5) is 23.8. The highest BCUT2D eigenvalue weighted by atomic mass is 16.2. The summed E-state index contributed by atoms with van der Waals surface area (Å²) in [5.41, 5.74) is 6.04. The van der Waals surface area contributed by atoms with Crippen molar-refractivity contribution in [2.24, 2.45) is 11.0 Å². The van der Waals surface area contributed by atoms with Crippen LogP contribution in [0.5, 0.6) is 0 Å². The third kappa shape index (κ3) is 5.28. The van der Waals surface area contributed by atoms with Crippen LogP contribution in [0.15, 0.2) is 59.7 Å². The monoisotopic (exact) mass is 349 g/mol. The van der Waals surface area contributed by atoms with Gasteiger partial charge in [0.1, 0.15) is 0 Å².